The van der Waals surface area contributed by atoms with Gasteiger partial charge in [-0.2, -0.15) is 0 Å². The lowest BCUT2D eigenvalue weighted by molar-refractivity contribution is -0.164. The molecule has 0 aromatic carbocycles. The third kappa shape index (κ3) is 22.0. The van der Waals surface area contributed by atoms with Crippen LogP contribution in [-0.2, 0) is 62.3 Å². The van der Waals surface area contributed by atoms with Gasteiger partial charge in [-0.05, 0) is 94.3 Å². The van der Waals surface area contributed by atoms with E-state index in [1.54, 1.807) is 74.5 Å². The molecule has 88 heavy (non-hydrogen) atoms. The van der Waals surface area contributed by atoms with Crippen molar-refractivity contribution in [2.45, 2.75) is 216 Å². The molecule has 1 fully saturated rings. The average Bonchev–Trinajstić information content (AvgIpc) is 2.66. The first kappa shape index (κ1) is 79.7. The summed E-state index contributed by atoms with van der Waals surface area (Å²) in [5.74, 6) is -12.1. The van der Waals surface area contributed by atoms with Crippen LogP contribution in [0.3, 0.4) is 0 Å². The molecule has 0 saturated carbocycles. The molecule has 25 heteroatoms. The molecule has 1 aliphatic heterocycles. The predicted molar refractivity (Wildman–Crippen MR) is 338 cm³/mol. The Hall–Kier alpha value is -6.33. The maximum atomic E-state index is 15.4. The van der Waals surface area contributed by atoms with E-state index in [4.69, 9.17) is 16.3 Å². The van der Waals surface area contributed by atoms with Crippen LogP contribution in [0.25, 0.3) is 0 Å². The lowest BCUT2D eigenvalue weighted by atomic mass is 9.91. The maximum Gasteiger partial charge on any atom is 0.321 e. The van der Waals surface area contributed by atoms with Crippen molar-refractivity contribution in [2.75, 3.05) is 61.8 Å². The normalized spacial score (nSPS) is 26.3. The van der Waals surface area contributed by atoms with E-state index in [0.717, 1.165) is 9.80 Å². The number of halogens is 1. The summed E-state index contributed by atoms with van der Waals surface area (Å²) in [4.78, 5) is 183. The highest BCUT2D eigenvalue weighted by molar-refractivity contribution is 6.26. The fourth-order valence-electron chi connectivity index (χ4n) is 11.0. The number of amides is 11. The smallest absolute Gasteiger partial charge is 0.321 e. The van der Waals surface area contributed by atoms with E-state index in [1.165, 1.54) is 87.7 Å². The minimum Gasteiger partial charge on any atom is -0.458 e. The number of hydrogen-bond donors (Lipinski definition) is 4. The summed E-state index contributed by atoms with van der Waals surface area (Å²) in [6, 6.07) is -12.7. The Balaban J connectivity index is 4.44. The van der Waals surface area contributed by atoms with Crippen molar-refractivity contribution in [3.05, 3.63) is 12.2 Å². The summed E-state index contributed by atoms with van der Waals surface area (Å²) in [5.41, 5.74) is 0. The third-order valence-electron chi connectivity index (χ3n) is 16.3. The zero-order valence-corrected chi connectivity index (χ0v) is 58.1. The Kier molecular flexibility index (Phi) is 32.9. The quantitative estimate of drug-likeness (QED) is 0.0977. The molecule has 0 aromatic rings. The van der Waals surface area contributed by atoms with E-state index in [-0.39, 0.29) is 49.9 Å². The number of carbonyl (C=O) groups excluding carboxylic acids is 12. The Morgan fingerprint density at radius 2 is 0.955 bits per heavy atom. The van der Waals surface area contributed by atoms with Crippen molar-refractivity contribution < 1.29 is 62.3 Å². The molecule has 24 nitrogen and oxygen atoms in total. The molecule has 0 aliphatic carbocycles. The van der Waals surface area contributed by atoms with E-state index in [9.17, 15) is 38.4 Å². The molecule has 1 rings (SSSR count). The highest BCUT2D eigenvalue weighted by atomic mass is 35.5. The molecule has 11 amide bonds. The Morgan fingerprint density at radius 3 is 1.41 bits per heavy atom. The number of nitrogens with one attached hydrogen (secondary N) is 4. The van der Waals surface area contributed by atoms with Crippen LogP contribution in [0.4, 0.5) is 0 Å². The van der Waals surface area contributed by atoms with Gasteiger partial charge in [-0.15, -0.1) is 11.6 Å². The molecule has 12 atom stereocenters. The summed E-state index contributed by atoms with van der Waals surface area (Å²) in [5, 5.41) is 11.0. The van der Waals surface area contributed by atoms with Crippen LogP contribution in [0.5, 0.6) is 0 Å². The summed E-state index contributed by atoms with van der Waals surface area (Å²) < 4.78 is 5.94. The Labute approximate surface area is 530 Å². The number of likely N-dealkylation sites (N-methyl/N-ethyl adjacent to an activating group) is 7. The topological polar surface area (TPSA) is 285 Å². The molecule has 502 valence electrons. The Morgan fingerprint density at radius 1 is 0.511 bits per heavy atom. The van der Waals surface area contributed by atoms with Crippen LogP contribution >= 0.6 is 11.6 Å². The molecule has 1 unspecified atom stereocenters. The molecule has 1 saturated heterocycles. The van der Waals surface area contributed by atoms with E-state index >= 15 is 19.2 Å². The van der Waals surface area contributed by atoms with Crippen molar-refractivity contribution in [1.82, 2.24) is 55.6 Å². The fourth-order valence-corrected chi connectivity index (χ4v) is 11.1. The highest BCUT2D eigenvalue weighted by Crippen LogP contribution is 2.27. The van der Waals surface area contributed by atoms with Gasteiger partial charge in [-0.3, -0.25) is 57.5 Å². The van der Waals surface area contributed by atoms with Gasteiger partial charge in [0.05, 0.1) is 6.54 Å². The molecular formula is C63H110ClN11O13. The minimum atomic E-state index is -1.66. The zero-order valence-electron chi connectivity index (χ0n) is 57.3. The Bertz CT molecular complexity index is 2450. The first-order valence-electron chi connectivity index (χ1n) is 31.1. The molecule has 4 N–H and O–H groups in total. The van der Waals surface area contributed by atoms with Crippen molar-refractivity contribution in [2.24, 2.45) is 41.4 Å². The summed E-state index contributed by atoms with van der Waals surface area (Å²) in [7, 11) is 9.78. The van der Waals surface area contributed by atoms with E-state index in [1.807, 2.05) is 41.5 Å². The SMILES string of the molecule is C/C=C/C[C@@H](C)[C@@H](OC(=O)CCl)[C@H]1C(=O)N[C@@H](CC)C(=O)N(C)CC(=O)N(C)C(C(C)C)C(=O)N[C@@H](C(C)C)C(=O)N(C)[C@@H](CC(C)C)C(=O)N[C@@H](C)C(=O)N[C@H](C)C(=O)N(C)[C@@H](CC(C)C)C(=O)N(C)[C@@H](CC(C)C)C(=O)N(C)[C@@H](C(C)C)C(=O)N1C. The van der Waals surface area contributed by atoms with Gasteiger partial charge in [0.1, 0.15) is 72.4 Å². The van der Waals surface area contributed by atoms with Gasteiger partial charge >= 0.3 is 5.97 Å². The van der Waals surface area contributed by atoms with Gasteiger partial charge < -0.3 is 60.3 Å². The number of hydrogen-bond acceptors (Lipinski definition) is 13. The molecular weight excluding hydrogens is 1150 g/mol. The molecule has 0 spiro atoms. The third-order valence-corrected chi connectivity index (χ3v) is 16.5. The number of carbonyl (C=O) groups is 12. The molecule has 1 aliphatic rings. The first-order chi connectivity index (χ1) is 40.7. The summed E-state index contributed by atoms with van der Waals surface area (Å²) in [6.07, 6.45) is 2.79. The second kappa shape index (κ2) is 36.4. The number of nitrogens with zero attached hydrogens (tertiary/aromatic N) is 7. The highest BCUT2D eigenvalue weighted by Gasteiger charge is 2.47. The largest absolute Gasteiger partial charge is 0.458 e. The lowest BCUT2D eigenvalue weighted by Crippen LogP contribution is -2.64. The molecule has 0 aromatic heterocycles. The van der Waals surface area contributed by atoms with Crippen molar-refractivity contribution in [1.29, 1.82) is 0 Å². The lowest BCUT2D eigenvalue weighted by Gasteiger charge is -2.42. The molecule has 0 bridgehead atoms. The molecule has 1 heterocycles. The average molecular weight is 1270 g/mol. The van der Waals surface area contributed by atoms with Crippen LogP contribution < -0.4 is 21.3 Å². The number of allylic oxidation sites excluding steroid dienone is 2. The van der Waals surface area contributed by atoms with Gasteiger partial charge in [0, 0.05) is 49.3 Å². The standard InChI is InChI=1S/C63H110ClN11O13/c1-25-27-28-40(15)53(88-48(77)32-64)52-57(81)67-43(26-2)59(83)69(18)33-47(76)73(22)50(38(11)12)56(80)68-49(37(9)10)62(86)70(19)44(29-34(3)4)55(79)65-41(16)54(78)66-42(17)58(82)71(20)45(30-35(5)6)60(84)72(21)46(31-36(7)8)61(85)74(23)51(39(13)14)63(87)75(52)24/h25,27,34-46,49-53H,26,28-33H2,1-24H3,(H,65,79)(H,66,78)(H,67,81)(H,68,80)/b27-25+/t40-,41+,42-,43+,44+,45+,46+,49+,50?,51+,52+,53-/m1/s1. The van der Waals surface area contributed by atoms with Crippen LogP contribution in [0, 0.1) is 41.4 Å². The van der Waals surface area contributed by atoms with Crippen molar-refractivity contribution >= 4 is 82.5 Å². The van der Waals surface area contributed by atoms with Gasteiger partial charge in [-0.25, -0.2) is 0 Å². The monoisotopic (exact) mass is 1260 g/mol. The zero-order chi connectivity index (χ0) is 68.3. The summed E-state index contributed by atoms with van der Waals surface area (Å²) in [6.45, 7) is 28.8. The van der Waals surface area contributed by atoms with Gasteiger partial charge in [0.15, 0.2) is 0 Å². The first-order valence-corrected chi connectivity index (χ1v) is 31.6. The number of alkyl halides is 1. The van der Waals surface area contributed by atoms with E-state index in [2.05, 4.69) is 21.3 Å². The van der Waals surface area contributed by atoms with Gasteiger partial charge in [-0.1, -0.05) is 109 Å². The fraction of sp³-hybridized carbons (Fsp3) is 0.778. The van der Waals surface area contributed by atoms with Crippen LogP contribution in [0.1, 0.15) is 150 Å². The van der Waals surface area contributed by atoms with Gasteiger partial charge in [0.2, 0.25) is 65.0 Å². The van der Waals surface area contributed by atoms with E-state index < -0.39 is 174 Å². The van der Waals surface area contributed by atoms with E-state index in [0.29, 0.717) is 0 Å². The maximum absolute atomic E-state index is 15.4. The summed E-state index contributed by atoms with van der Waals surface area (Å²) >= 11 is 6.01. The van der Waals surface area contributed by atoms with Gasteiger partial charge in [0.25, 0.3) is 0 Å². The predicted octanol–water partition coefficient (Wildman–Crippen LogP) is 3.67. The van der Waals surface area contributed by atoms with Crippen molar-refractivity contribution in [3.63, 3.8) is 0 Å². The van der Waals surface area contributed by atoms with Crippen LogP contribution in [0.15, 0.2) is 12.2 Å². The number of esters is 1. The number of ether oxygens (including phenoxy) is 1. The molecule has 0 radical (unpaired) electrons. The second-order valence-electron chi connectivity index (χ2n) is 26.2. The minimum absolute atomic E-state index is 0.0241. The van der Waals surface area contributed by atoms with Crippen LogP contribution in [-0.4, -0.2) is 234 Å². The number of rotatable bonds is 16. The van der Waals surface area contributed by atoms with Crippen molar-refractivity contribution in [3.8, 4) is 0 Å². The second-order valence-corrected chi connectivity index (χ2v) is 26.5. The van der Waals surface area contributed by atoms with Crippen LogP contribution in [0.2, 0.25) is 0 Å².